The summed E-state index contributed by atoms with van der Waals surface area (Å²) in [6, 6.07) is 11.1. The van der Waals surface area contributed by atoms with E-state index in [0.717, 1.165) is 17.9 Å². The lowest BCUT2D eigenvalue weighted by molar-refractivity contribution is 0.448. The van der Waals surface area contributed by atoms with Crippen LogP contribution in [-0.4, -0.2) is 17.2 Å². The molecule has 2 aromatic rings. The van der Waals surface area contributed by atoms with Crippen molar-refractivity contribution in [3.8, 4) is 11.6 Å². The predicted octanol–water partition coefficient (Wildman–Crippen LogP) is 2.64. The zero-order valence-electron chi connectivity index (χ0n) is 9.35. The standard InChI is InChI=1S/C12H12ClN3O/c1-14-8-9-4-2-3-5-10(9)17-12-7-6-11(13)15-16-12/h2-7,14H,8H2,1H3. The highest BCUT2D eigenvalue weighted by atomic mass is 35.5. The molecule has 2 rings (SSSR count). The van der Waals surface area contributed by atoms with Crippen molar-refractivity contribution in [2.45, 2.75) is 6.54 Å². The van der Waals surface area contributed by atoms with Gasteiger partial charge in [-0.25, -0.2) is 0 Å². The second kappa shape index (κ2) is 5.61. The second-order valence-electron chi connectivity index (χ2n) is 3.43. The summed E-state index contributed by atoms with van der Waals surface area (Å²) < 4.78 is 5.64. The molecule has 0 amide bonds. The Morgan fingerprint density at radius 3 is 2.71 bits per heavy atom. The van der Waals surface area contributed by atoms with Gasteiger partial charge in [0.25, 0.3) is 0 Å². The van der Waals surface area contributed by atoms with Gasteiger partial charge in [0.05, 0.1) is 0 Å². The van der Waals surface area contributed by atoms with Gasteiger partial charge in [-0.3, -0.25) is 0 Å². The quantitative estimate of drug-likeness (QED) is 0.905. The van der Waals surface area contributed by atoms with Crippen molar-refractivity contribution in [1.82, 2.24) is 15.5 Å². The molecule has 1 aromatic heterocycles. The van der Waals surface area contributed by atoms with Gasteiger partial charge in [-0.2, -0.15) is 0 Å². The summed E-state index contributed by atoms with van der Waals surface area (Å²) in [5.41, 5.74) is 1.06. The highest BCUT2D eigenvalue weighted by Gasteiger charge is 2.04. The molecule has 1 N–H and O–H groups in total. The Balaban J connectivity index is 2.20. The summed E-state index contributed by atoms with van der Waals surface area (Å²) in [5, 5.41) is 11.0. The Hall–Kier alpha value is -1.65. The van der Waals surface area contributed by atoms with Crippen molar-refractivity contribution >= 4 is 11.6 Å². The second-order valence-corrected chi connectivity index (χ2v) is 3.82. The van der Waals surface area contributed by atoms with Gasteiger partial charge in [0.15, 0.2) is 5.15 Å². The van der Waals surface area contributed by atoms with E-state index in [1.165, 1.54) is 0 Å². The lowest BCUT2D eigenvalue weighted by atomic mass is 10.2. The first-order chi connectivity index (χ1) is 8.29. The summed E-state index contributed by atoms with van der Waals surface area (Å²) in [6.07, 6.45) is 0. The van der Waals surface area contributed by atoms with Gasteiger partial charge < -0.3 is 10.1 Å². The van der Waals surface area contributed by atoms with Crippen LogP contribution in [0.4, 0.5) is 0 Å². The highest BCUT2D eigenvalue weighted by molar-refractivity contribution is 6.29. The van der Waals surface area contributed by atoms with Gasteiger partial charge in [0, 0.05) is 18.2 Å². The van der Waals surface area contributed by atoms with Gasteiger partial charge in [-0.05, 0) is 19.2 Å². The molecule has 0 radical (unpaired) electrons. The fourth-order valence-corrected chi connectivity index (χ4v) is 1.51. The van der Waals surface area contributed by atoms with Crippen LogP contribution in [0.5, 0.6) is 11.6 Å². The zero-order chi connectivity index (χ0) is 12.1. The van der Waals surface area contributed by atoms with Gasteiger partial charge in [-0.1, -0.05) is 29.8 Å². The van der Waals surface area contributed by atoms with Crippen LogP contribution in [0.2, 0.25) is 5.15 Å². The molecule has 1 heterocycles. The van der Waals surface area contributed by atoms with Gasteiger partial charge in [0.2, 0.25) is 5.88 Å². The SMILES string of the molecule is CNCc1ccccc1Oc1ccc(Cl)nn1. The molecule has 0 aliphatic carbocycles. The van der Waals surface area contributed by atoms with E-state index in [0.29, 0.717) is 11.0 Å². The van der Waals surface area contributed by atoms with Gasteiger partial charge in [0.1, 0.15) is 5.75 Å². The predicted molar refractivity (Wildman–Crippen MR) is 66.3 cm³/mol. The summed E-state index contributed by atoms with van der Waals surface area (Å²) in [4.78, 5) is 0. The Morgan fingerprint density at radius 2 is 2.00 bits per heavy atom. The molecule has 1 aromatic carbocycles. The first kappa shape index (κ1) is 11.8. The Kier molecular flexibility index (Phi) is 3.90. The maximum Gasteiger partial charge on any atom is 0.238 e. The molecule has 4 nitrogen and oxygen atoms in total. The third-order valence-electron chi connectivity index (χ3n) is 2.16. The largest absolute Gasteiger partial charge is 0.437 e. The van der Waals surface area contributed by atoms with E-state index in [-0.39, 0.29) is 0 Å². The molecule has 0 saturated heterocycles. The first-order valence-electron chi connectivity index (χ1n) is 5.19. The minimum Gasteiger partial charge on any atom is -0.437 e. The lowest BCUT2D eigenvalue weighted by Gasteiger charge is -2.09. The average Bonchev–Trinajstić information content (AvgIpc) is 2.35. The van der Waals surface area contributed by atoms with Crippen LogP contribution >= 0.6 is 11.6 Å². The monoisotopic (exact) mass is 249 g/mol. The molecule has 0 unspecified atom stereocenters. The number of ether oxygens (including phenoxy) is 1. The van der Waals surface area contributed by atoms with Crippen LogP contribution in [0.1, 0.15) is 5.56 Å². The van der Waals surface area contributed by atoms with Crippen LogP contribution < -0.4 is 10.1 Å². The lowest BCUT2D eigenvalue weighted by Crippen LogP contribution is -2.06. The number of aromatic nitrogens is 2. The van der Waals surface area contributed by atoms with E-state index < -0.39 is 0 Å². The van der Waals surface area contributed by atoms with Crippen molar-refractivity contribution in [3.63, 3.8) is 0 Å². The molecule has 17 heavy (non-hydrogen) atoms. The van der Waals surface area contributed by atoms with Crippen LogP contribution in [0.3, 0.4) is 0 Å². The topological polar surface area (TPSA) is 47.0 Å². The third-order valence-corrected chi connectivity index (χ3v) is 2.36. The van der Waals surface area contributed by atoms with E-state index in [1.54, 1.807) is 12.1 Å². The molecule has 5 heteroatoms. The minimum atomic E-state index is 0.348. The summed E-state index contributed by atoms with van der Waals surface area (Å²) in [6.45, 7) is 0.733. The Bertz CT molecular complexity index is 487. The van der Waals surface area contributed by atoms with Gasteiger partial charge in [-0.15, -0.1) is 10.2 Å². The minimum absolute atomic E-state index is 0.348. The molecule has 0 atom stereocenters. The molecule has 0 saturated carbocycles. The Labute approximate surface area is 105 Å². The number of rotatable bonds is 4. The maximum absolute atomic E-state index is 5.66. The summed E-state index contributed by atoms with van der Waals surface area (Å²) in [7, 11) is 1.89. The van der Waals surface area contributed by atoms with E-state index in [1.807, 2.05) is 31.3 Å². The zero-order valence-corrected chi connectivity index (χ0v) is 10.1. The van der Waals surface area contributed by atoms with Crippen molar-refractivity contribution in [1.29, 1.82) is 0 Å². The smallest absolute Gasteiger partial charge is 0.238 e. The fraction of sp³-hybridized carbons (Fsp3) is 0.167. The van der Waals surface area contributed by atoms with E-state index in [2.05, 4.69) is 15.5 Å². The van der Waals surface area contributed by atoms with E-state index in [9.17, 15) is 0 Å². The number of benzene rings is 1. The van der Waals surface area contributed by atoms with E-state index >= 15 is 0 Å². The van der Waals surface area contributed by atoms with Crippen molar-refractivity contribution in [2.75, 3.05) is 7.05 Å². The molecular weight excluding hydrogens is 238 g/mol. The molecule has 0 fully saturated rings. The average molecular weight is 250 g/mol. The third kappa shape index (κ3) is 3.15. The number of hydrogen-bond donors (Lipinski definition) is 1. The van der Waals surface area contributed by atoms with E-state index in [4.69, 9.17) is 16.3 Å². The van der Waals surface area contributed by atoms with Crippen LogP contribution in [0, 0.1) is 0 Å². The molecule has 0 aliphatic rings. The van der Waals surface area contributed by atoms with Crippen molar-refractivity contribution in [3.05, 3.63) is 47.1 Å². The van der Waals surface area contributed by atoms with Crippen LogP contribution in [0.25, 0.3) is 0 Å². The molecule has 0 bridgehead atoms. The molecule has 0 spiro atoms. The number of nitrogens with one attached hydrogen (secondary N) is 1. The van der Waals surface area contributed by atoms with Crippen molar-refractivity contribution in [2.24, 2.45) is 0 Å². The normalized spacial score (nSPS) is 10.2. The number of halogens is 1. The van der Waals surface area contributed by atoms with Crippen LogP contribution in [-0.2, 0) is 6.54 Å². The molecule has 88 valence electrons. The number of nitrogens with zero attached hydrogens (tertiary/aromatic N) is 2. The number of hydrogen-bond acceptors (Lipinski definition) is 4. The molecule has 0 aliphatic heterocycles. The highest BCUT2D eigenvalue weighted by Crippen LogP contribution is 2.23. The first-order valence-corrected chi connectivity index (χ1v) is 5.57. The maximum atomic E-state index is 5.66. The van der Waals surface area contributed by atoms with Crippen molar-refractivity contribution < 1.29 is 4.74 Å². The summed E-state index contributed by atoms with van der Waals surface area (Å²) in [5.74, 6) is 1.19. The summed E-state index contributed by atoms with van der Waals surface area (Å²) >= 11 is 5.66. The number of para-hydroxylation sites is 1. The molecular formula is C12H12ClN3O. The fourth-order valence-electron chi connectivity index (χ4n) is 1.41. The van der Waals surface area contributed by atoms with Crippen LogP contribution in [0.15, 0.2) is 36.4 Å². The van der Waals surface area contributed by atoms with Gasteiger partial charge >= 0.3 is 0 Å². The Morgan fingerprint density at radius 1 is 1.18 bits per heavy atom.